The molecule has 110 valence electrons. The Kier molecular flexibility index (Phi) is 3.44. The quantitative estimate of drug-likeness (QED) is 0.331. The Balaban J connectivity index is 2.16. The number of benzene rings is 2. The first kappa shape index (κ1) is 14.6. The summed E-state index contributed by atoms with van der Waals surface area (Å²) in [7, 11) is 0. The van der Waals surface area contributed by atoms with Crippen LogP contribution in [0.3, 0.4) is 0 Å². The van der Waals surface area contributed by atoms with E-state index < -0.39 is 16.7 Å². The molecule has 6 nitrogen and oxygen atoms in total. The summed E-state index contributed by atoms with van der Waals surface area (Å²) in [6.07, 6.45) is 0. The summed E-state index contributed by atoms with van der Waals surface area (Å²) in [6.45, 7) is 1.65. The Labute approximate surface area is 139 Å². The van der Waals surface area contributed by atoms with Crippen LogP contribution in [0.4, 0.5) is 11.4 Å². The Morgan fingerprint density at radius 2 is 1.64 bits per heavy atom. The average molecular weight is 408 g/mol. The van der Waals surface area contributed by atoms with Crippen LogP contribution in [0.5, 0.6) is 0 Å². The van der Waals surface area contributed by atoms with Crippen molar-refractivity contribution < 1.29 is 14.5 Å². The number of carbonyl (C=O) groups is 2. The molecular weight excluding hydrogens is 399 g/mol. The molecule has 0 spiro atoms. The maximum Gasteiger partial charge on any atom is 0.270 e. The lowest BCUT2D eigenvalue weighted by atomic mass is 10.1. The highest BCUT2D eigenvalue weighted by atomic mass is 127. The fraction of sp³-hybridized carbons (Fsp3) is 0.0667. The summed E-state index contributed by atoms with van der Waals surface area (Å²) in [5, 5.41) is 10.9. The molecule has 1 aliphatic rings. The molecule has 22 heavy (non-hydrogen) atoms. The number of nitrogens with zero attached hydrogens (tertiary/aromatic N) is 2. The topological polar surface area (TPSA) is 80.5 Å². The van der Waals surface area contributed by atoms with Gasteiger partial charge in [-0.05, 0) is 47.2 Å². The van der Waals surface area contributed by atoms with Crippen molar-refractivity contribution in [2.45, 2.75) is 6.92 Å². The van der Waals surface area contributed by atoms with Crippen LogP contribution in [0.1, 0.15) is 26.3 Å². The summed E-state index contributed by atoms with van der Waals surface area (Å²) in [5.41, 5.74) is 1.54. The lowest BCUT2D eigenvalue weighted by molar-refractivity contribution is -0.385. The monoisotopic (exact) mass is 408 g/mol. The van der Waals surface area contributed by atoms with Crippen molar-refractivity contribution in [2.75, 3.05) is 4.90 Å². The lowest BCUT2D eigenvalue weighted by Gasteiger charge is -2.18. The third-order valence-corrected chi connectivity index (χ3v) is 4.29. The van der Waals surface area contributed by atoms with Gasteiger partial charge in [0.25, 0.3) is 17.5 Å². The molecule has 1 heterocycles. The van der Waals surface area contributed by atoms with E-state index in [1.807, 2.05) is 22.6 Å². The molecule has 0 fully saturated rings. The molecule has 0 atom stereocenters. The SMILES string of the molecule is Cc1cc([N+](=O)[O-])cc(I)c1N1C(=O)c2ccccc2C1=O. The molecule has 0 saturated carbocycles. The largest absolute Gasteiger partial charge is 0.270 e. The van der Waals surface area contributed by atoms with Gasteiger partial charge in [0.05, 0.1) is 21.7 Å². The summed E-state index contributed by atoms with van der Waals surface area (Å²) in [5.74, 6) is -0.814. The summed E-state index contributed by atoms with van der Waals surface area (Å²) >= 11 is 1.90. The minimum Gasteiger partial charge on any atom is -0.268 e. The third kappa shape index (κ3) is 2.08. The van der Waals surface area contributed by atoms with E-state index in [9.17, 15) is 19.7 Å². The molecule has 3 rings (SSSR count). The van der Waals surface area contributed by atoms with Gasteiger partial charge in [0.15, 0.2) is 0 Å². The van der Waals surface area contributed by atoms with E-state index in [1.54, 1.807) is 31.2 Å². The molecular formula is C15H9IN2O4. The third-order valence-electron chi connectivity index (χ3n) is 3.47. The van der Waals surface area contributed by atoms with Gasteiger partial charge in [-0.15, -0.1) is 0 Å². The van der Waals surface area contributed by atoms with Crippen LogP contribution in [0.15, 0.2) is 36.4 Å². The molecule has 2 aromatic rings. The number of hydrogen-bond donors (Lipinski definition) is 0. The minimum atomic E-state index is -0.499. The molecule has 0 unspecified atom stereocenters. The Morgan fingerprint density at radius 3 is 2.09 bits per heavy atom. The first-order chi connectivity index (χ1) is 10.4. The molecule has 0 aromatic heterocycles. The number of amides is 2. The van der Waals surface area contributed by atoms with Crippen molar-refractivity contribution in [3.05, 3.63) is 66.8 Å². The van der Waals surface area contributed by atoms with Gasteiger partial charge < -0.3 is 0 Å². The first-order valence-corrected chi connectivity index (χ1v) is 7.42. The van der Waals surface area contributed by atoms with E-state index in [1.165, 1.54) is 12.1 Å². The zero-order chi connectivity index (χ0) is 16.0. The van der Waals surface area contributed by atoms with Gasteiger partial charge >= 0.3 is 0 Å². The number of hydrogen-bond acceptors (Lipinski definition) is 4. The van der Waals surface area contributed by atoms with Crippen molar-refractivity contribution in [1.82, 2.24) is 0 Å². The maximum atomic E-state index is 12.5. The first-order valence-electron chi connectivity index (χ1n) is 6.34. The molecule has 0 bridgehead atoms. The number of nitro groups is 1. The predicted octanol–water partition coefficient (Wildman–Crippen LogP) is 3.31. The fourth-order valence-corrected chi connectivity index (χ4v) is 3.48. The molecule has 0 aliphatic carbocycles. The van der Waals surface area contributed by atoms with Gasteiger partial charge in [-0.25, -0.2) is 4.90 Å². The van der Waals surface area contributed by atoms with Crippen LogP contribution in [0, 0.1) is 20.6 Å². The second-order valence-corrected chi connectivity index (χ2v) is 6.00. The van der Waals surface area contributed by atoms with E-state index in [-0.39, 0.29) is 5.69 Å². The lowest BCUT2D eigenvalue weighted by Crippen LogP contribution is -2.30. The maximum absolute atomic E-state index is 12.5. The zero-order valence-corrected chi connectivity index (χ0v) is 13.5. The Hall–Kier alpha value is -2.29. The average Bonchev–Trinajstić information content (AvgIpc) is 2.72. The highest BCUT2D eigenvalue weighted by Crippen LogP contribution is 2.36. The smallest absolute Gasteiger partial charge is 0.268 e. The van der Waals surface area contributed by atoms with Crippen molar-refractivity contribution in [1.29, 1.82) is 0 Å². The van der Waals surface area contributed by atoms with Gasteiger partial charge in [0.2, 0.25) is 0 Å². The number of aryl methyl sites for hydroxylation is 1. The van der Waals surface area contributed by atoms with Crippen molar-refractivity contribution in [2.24, 2.45) is 0 Å². The van der Waals surface area contributed by atoms with E-state index in [0.717, 1.165) is 4.90 Å². The van der Waals surface area contributed by atoms with Gasteiger partial charge in [0, 0.05) is 15.7 Å². The van der Waals surface area contributed by atoms with Gasteiger partial charge in [-0.2, -0.15) is 0 Å². The molecule has 2 aromatic carbocycles. The second kappa shape index (κ2) is 5.16. The number of anilines is 1. The van der Waals surface area contributed by atoms with E-state index >= 15 is 0 Å². The fourth-order valence-electron chi connectivity index (χ4n) is 2.50. The van der Waals surface area contributed by atoms with Crippen LogP contribution in [0.25, 0.3) is 0 Å². The minimum absolute atomic E-state index is 0.0674. The zero-order valence-electron chi connectivity index (χ0n) is 11.4. The predicted molar refractivity (Wildman–Crippen MR) is 88.1 cm³/mol. The van der Waals surface area contributed by atoms with Crippen molar-refractivity contribution in [3.8, 4) is 0 Å². The molecule has 2 amide bonds. The summed E-state index contributed by atoms with van der Waals surface area (Å²) in [6, 6.07) is 9.31. The van der Waals surface area contributed by atoms with Crippen molar-refractivity contribution in [3.63, 3.8) is 0 Å². The standard InChI is InChI=1S/C15H9IN2O4/c1-8-6-9(18(21)22)7-12(16)13(8)17-14(19)10-4-2-3-5-11(10)15(17)20/h2-7H,1H3. The number of fused-ring (bicyclic) bond motifs is 1. The Morgan fingerprint density at radius 1 is 1.09 bits per heavy atom. The van der Waals surface area contributed by atoms with Crippen LogP contribution >= 0.6 is 22.6 Å². The highest BCUT2D eigenvalue weighted by Gasteiger charge is 2.38. The van der Waals surface area contributed by atoms with Crippen LogP contribution < -0.4 is 4.90 Å². The van der Waals surface area contributed by atoms with Gasteiger partial charge in [-0.3, -0.25) is 19.7 Å². The van der Waals surface area contributed by atoms with Crippen LogP contribution in [-0.4, -0.2) is 16.7 Å². The molecule has 0 saturated heterocycles. The molecule has 0 radical (unpaired) electrons. The summed E-state index contributed by atoms with van der Waals surface area (Å²) < 4.78 is 0.485. The number of carbonyl (C=O) groups excluding carboxylic acids is 2. The number of non-ortho nitro benzene ring substituents is 1. The Bertz CT molecular complexity index is 789. The van der Waals surface area contributed by atoms with Gasteiger partial charge in [0.1, 0.15) is 0 Å². The van der Waals surface area contributed by atoms with Crippen LogP contribution in [-0.2, 0) is 0 Å². The van der Waals surface area contributed by atoms with Crippen molar-refractivity contribution >= 4 is 45.8 Å². The summed E-state index contributed by atoms with van der Waals surface area (Å²) in [4.78, 5) is 36.5. The highest BCUT2D eigenvalue weighted by molar-refractivity contribution is 14.1. The number of nitro benzene ring substituents is 1. The molecule has 7 heteroatoms. The number of imide groups is 1. The van der Waals surface area contributed by atoms with E-state index in [2.05, 4.69) is 0 Å². The number of rotatable bonds is 2. The van der Waals surface area contributed by atoms with Gasteiger partial charge in [-0.1, -0.05) is 12.1 Å². The second-order valence-electron chi connectivity index (χ2n) is 4.84. The van der Waals surface area contributed by atoms with E-state index in [0.29, 0.717) is 25.9 Å². The molecule has 0 N–H and O–H groups in total. The number of halogens is 1. The molecule has 1 aliphatic heterocycles. The normalized spacial score (nSPS) is 13.5. The van der Waals surface area contributed by atoms with E-state index in [4.69, 9.17) is 0 Å². The van der Waals surface area contributed by atoms with Crippen LogP contribution in [0.2, 0.25) is 0 Å².